The van der Waals surface area contributed by atoms with E-state index in [2.05, 4.69) is 10.6 Å². The molecule has 0 aliphatic carbocycles. The van der Waals surface area contributed by atoms with Crippen molar-refractivity contribution in [2.24, 2.45) is 5.41 Å². The quantitative estimate of drug-likeness (QED) is 0.776. The van der Waals surface area contributed by atoms with Crippen molar-refractivity contribution in [1.29, 1.82) is 0 Å². The number of hydrogen-bond donors (Lipinski definition) is 3. The lowest BCUT2D eigenvalue weighted by Crippen LogP contribution is -2.37. The first-order chi connectivity index (χ1) is 9.20. The molecule has 20 heavy (non-hydrogen) atoms. The third-order valence-electron chi connectivity index (χ3n) is 3.32. The van der Waals surface area contributed by atoms with Gasteiger partial charge in [0.25, 0.3) is 0 Å². The Kier molecular flexibility index (Phi) is 5.72. The van der Waals surface area contributed by atoms with Crippen molar-refractivity contribution >= 4 is 11.6 Å². The molecular formula is C16H26N2O2. The Hall–Kier alpha value is -1.39. The summed E-state index contributed by atoms with van der Waals surface area (Å²) >= 11 is 0. The molecule has 2 unspecified atom stereocenters. The van der Waals surface area contributed by atoms with Gasteiger partial charge in [-0.05, 0) is 30.0 Å². The minimum Gasteiger partial charge on any atom is -0.391 e. The summed E-state index contributed by atoms with van der Waals surface area (Å²) < 4.78 is 0. The van der Waals surface area contributed by atoms with E-state index in [1.165, 1.54) is 6.92 Å². The van der Waals surface area contributed by atoms with Crippen molar-refractivity contribution in [3.8, 4) is 0 Å². The van der Waals surface area contributed by atoms with E-state index in [0.717, 1.165) is 11.3 Å². The number of aliphatic hydroxyl groups is 1. The zero-order valence-electron chi connectivity index (χ0n) is 13.0. The first kappa shape index (κ1) is 16.7. The van der Waals surface area contributed by atoms with Crippen LogP contribution in [0.3, 0.4) is 0 Å². The molecule has 3 N–H and O–H groups in total. The number of anilines is 1. The van der Waals surface area contributed by atoms with E-state index in [9.17, 15) is 9.90 Å². The topological polar surface area (TPSA) is 61.4 Å². The van der Waals surface area contributed by atoms with Crippen molar-refractivity contribution in [2.45, 2.75) is 46.8 Å². The smallest absolute Gasteiger partial charge is 0.221 e. The minimum atomic E-state index is -0.400. The molecule has 2 atom stereocenters. The third-order valence-corrected chi connectivity index (χ3v) is 3.32. The van der Waals surface area contributed by atoms with E-state index in [0.29, 0.717) is 6.54 Å². The van der Waals surface area contributed by atoms with Gasteiger partial charge in [0, 0.05) is 25.2 Å². The number of carbonyl (C=O) groups is 1. The van der Waals surface area contributed by atoms with E-state index in [1.807, 2.05) is 52.0 Å². The van der Waals surface area contributed by atoms with Crippen LogP contribution in [0.25, 0.3) is 0 Å². The van der Waals surface area contributed by atoms with Gasteiger partial charge in [-0.1, -0.05) is 32.9 Å². The molecule has 0 aliphatic heterocycles. The predicted octanol–water partition coefficient (Wildman–Crippen LogP) is 2.70. The normalized spacial score (nSPS) is 14.7. The van der Waals surface area contributed by atoms with E-state index >= 15 is 0 Å². The molecule has 1 aromatic rings. The van der Waals surface area contributed by atoms with Crippen LogP contribution in [0, 0.1) is 5.41 Å². The summed E-state index contributed by atoms with van der Waals surface area (Å²) in [7, 11) is 0. The van der Waals surface area contributed by atoms with Crippen LogP contribution in [0.1, 0.15) is 46.2 Å². The molecule has 0 saturated heterocycles. The number of aliphatic hydroxyl groups excluding tert-OH is 1. The molecule has 0 spiro atoms. The highest BCUT2D eigenvalue weighted by Gasteiger charge is 2.22. The van der Waals surface area contributed by atoms with Crippen LogP contribution in [0.2, 0.25) is 0 Å². The lowest BCUT2D eigenvalue weighted by molar-refractivity contribution is -0.114. The lowest BCUT2D eigenvalue weighted by atomic mass is 9.89. The molecule has 1 rings (SSSR count). The highest BCUT2D eigenvalue weighted by atomic mass is 16.3. The summed E-state index contributed by atoms with van der Waals surface area (Å²) in [5.74, 6) is -0.0779. The molecule has 0 bridgehead atoms. The number of rotatable bonds is 5. The highest BCUT2D eigenvalue weighted by molar-refractivity contribution is 5.88. The van der Waals surface area contributed by atoms with E-state index < -0.39 is 6.10 Å². The summed E-state index contributed by atoms with van der Waals surface area (Å²) in [6.07, 6.45) is -0.400. The molecule has 4 heteroatoms. The molecule has 0 aromatic heterocycles. The molecule has 1 amide bonds. The van der Waals surface area contributed by atoms with Crippen molar-refractivity contribution in [1.82, 2.24) is 5.32 Å². The Morgan fingerprint density at radius 1 is 1.35 bits per heavy atom. The van der Waals surface area contributed by atoms with Gasteiger partial charge >= 0.3 is 0 Å². The minimum absolute atomic E-state index is 0.0779. The van der Waals surface area contributed by atoms with Crippen LogP contribution in [-0.2, 0) is 4.79 Å². The van der Waals surface area contributed by atoms with Crippen LogP contribution < -0.4 is 10.6 Å². The summed E-state index contributed by atoms with van der Waals surface area (Å²) in [5, 5.41) is 16.1. The molecule has 0 aliphatic rings. The molecule has 112 valence electrons. The zero-order chi connectivity index (χ0) is 15.3. The van der Waals surface area contributed by atoms with Gasteiger partial charge < -0.3 is 15.7 Å². The molecule has 0 fully saturated rings. The predicted molar refractivity (Wildman–Crippen MR) is 82.6 cm³/mol. The van der Waals surface area contributed by atoms with Gasteiger partial charge in [-0.15, -0.1) is 0 Å². The molecule has 1 aromatic carbocycles. The molecular weight excluding hydrogens is 252 g/mol. The third kappa shape index (κ3) is 5.31. The first-order valence-corrected chi connectivity index (χ1v) is 6.99. The number of nitrogens with one attached hydrogen (secondary N) is 2. The van der Waals surface area contributed by atoms with Crippen LogP contribution in [0.5, 0.6) is 0 Å². The van der Waals surface area contributed by atoms with Gasteiger partial charge in [0.15, 0.2) is 0 Å². The summed E-state index contributed by atoms with van der Waals surface area (Å²) in [5.41, 5.74) is 1.74. The Labute approximate surface area is 121 Å². The van der Waals surface area contributed by atoms with Gasteiger partial charge in [0.2, 0.25) is 5.91 Å². The van der Waals surface area contributed by atoms with Gasteiger partial charge in [0.05, 0.1) is 6.10 Å². The molecule has 0 saturated carbocycles. The Morgan fingerprint density at radius 3 is 2.55 bits per heavy atom. The van der Waals surface area contributed by atoms with Gasteiger partial charge in [-0.3, -0.25) is 4.79 Å². The summed E-state index contributed by atoms with van der Waals surface area (Å²) in [4.78, 5) is 11.1. The standard InChI is InChI=1S/C16H26N2O2/c1-11(17-10-15(20)16(3,4)5)13-7-6-8-14(9-13)18-12(2)19/h6-9,11,15,17,20H,10H2,1-5H3,(H,18,19). The van der Waals surface area contributed by atoms with Crippen LogP contribution >= 0.6 is 0 Å². The average Bonchev–Trinajstić information content (AvgIpc) is 2.33. The van der Waals surface area contributed by atoms with E-state index in [4.69, 9.17) is 0 Å². The fourth-order valence-electron chi connectivity index (χ4n) is 1.80. The molecule has 4 nitrogen and oxygen atoms in total. The van der Waals surface area contributed by atoms with Crippen molar-refractivity contribution in [3.63, 3.8) is 0 Å². The first-order valence-electron chi connectivity index (χ1n) is 6.99. The number of benzene rings is 1. The summed E-state index contributed by atoms with van der Waals surface area (Å²) in [6.45, 7) is 10.1. The molecule has 0 heterocycles. The maximum absolute atomic E-state index is 11.1. The maximum atomic E-state index is 11.1. The lowest BCUT2D eigenvalue weighted by Gasteiger charge is -2.27. The van der Waals surface area contributed by atoms with Crippen LogP contribution in [0.15, 0.2) is 24.3 Å². The second kappa shape index (κ2) is 6.86. The SMILES string of the molecule is CC(=O)Nc1cccc(C(C)NCC(O)C(C)(C)C)c1. The van der Waals surface area contributed by atoms with Crippen molar-refractivity contribution in [2.75, 3.05) is 11.9 Å². The monoisotopic (exact) mass is 278 g/mol. The number of amides is 1. The van der Waals surface area contributed by atoms with Gasteiger partial charge in [-0.2, -0.15) is 0 Å². The average molecular weight is 278 g/mol. The number of hydrogen-bond acceptors (Lipinski definition) is 3. The van der Waals surface area contributed by atoms with Crippen LogP contribution in [0.4, 0.5) is 5.69 Å². The second-order valence-electron chi connectivity index (χ2n) is 6.32. The van der Waals surface area contributed by atoms with Crippen molar-refractivity contribution < 1.29 is 9.90 Å². The van der Waals surface area contributed by atoms with E-state index in [-0.39, 0.29) is 17.4 Å². The van der Waals surface area contributed by atoms with E-state index in [1.54, 1.807) is 0 Å². The van der Waals surface area contributed by atoms with Gasteiger partial charge in [-0.25, -0.2) is 0 Å². The Balaban J connectivity index is 2.63. The Morgan fingerprint density at radius 2 is 2.00 bits per heavy atom. The number of carbonyl (C=O) groups excluding carboxylic acids is 1. The van der Waals surface area contributed by atoms with Crippen molar-refractivity contribution in [3.05, 3.63) is 29.8 Å². The molecule has 0 radical (unpaired) electrons. The largest absolute Gasteiger partial charge is 0.391 e. The fraction of sp³-hybridized carbons (Fsp3) is 0.562. The zero-order valence-corrected chi connectivity index (χ0v) is 13.0. The maximum Gasteiger partial charge on any atom is 0.221 e. The fourth-order valence-corrected chi connectivity index (χ4v) is 1.80. The highest BCUT2D eigenvalue weighted by Crippen LogP contribution is 2.21. The Bertz CT molecular complexity index is 452. The van der Waals surface area contributed by atoms with Gasteiger partial charge in [0.1, 0.15) is 0 Å². The summed E-state index contributed by atoms with van der Waals surface area (Å²) in [6, 6.07) is 7.84. The van der Waals surface area contributed by atoms with Crippen LogP contribution in [-0.4, -0.2) is 23.7 Å². The second-order valence-corrected chi connectivity index (χ2v) is 6.32.